The first-order chi connectivity index (χ1) is 9.13. The number of carbonyl (C=O) groups is 1. The van der Waals surface area contributed by atoms with Crippen LogP contribution in [-0.4, -0.2) is 49.6 Å². The van der Waals surface area contributed by atoms with Gasteiger partial charge in [-0.1, -0.05) is 13.8 Å². The Morgan fingerprint density at radius 1 is 1.20 bits per heavy atom. The summed E-state index contributed by atoms with van der Waals surface area (Å²) >= 11 is 0. The Hall–Kier alpha value is -0.320. The highest BCUT2D eigenvalue weighted by Crippen LogP contribution is 2.28. The number of likely N-dealkylation sites (tertiary alicyclic amines) is 1. The molecule has 5 heteroatoms. The first-order valence-corrected chi connectivity index (χ1v) is 7.86. The van der Waals surface area contributed by atoms with Gasteiger partial charge in [0.15, 0.2) is 0 Å². The van der Waals surface area contributed by atoms with Gasteiger partial charge in [0.1, 0.15) is 0 Å². The maximum absolute atomic E-state index is 11.8. The van der Waals surface area contributed by atoms with Crippen LogP contribution in [0, 0.1) is 11.8 Å². The molecular weight excluding hydrogens is 274 g/mol. The number of amides is 1. The minimum absolute atomic E-state index is 0. The molecule has 2 fully saturated rings. The van der Waals surface area contributed by atoms with Crippen LogP contribution in [0.25, 0.3) is 0 Å². The van der Waals surface area contributed by atoms with Gasteiger partial charge in [-0.15, -0.1) is 12.4 Å². The molecule has 20 heavy (non-hydrogen) atoms. The molecule has 0 radical (unpaired) electrons. The zero-order valence-electron chi connectivity index (χ0n) is 12.9. The highest BCUT2D eigenvalue weighted by Gasteiger charge is 2.24. The Labute approximate surface area is 129 Å². The molecular formula is C15H30ClN3O. The second-order valence-electron chi connectivity index (χ2n) is 6.60. The molecule has 0 aromatic heterocycles. The Balaban J connectivity index is 0.00000200. The van der Waals surface area contributed by atoms with E-state index in [0.29, 0.717) is 18.5 Å². The monoisotopic (exact) mass is 303 g/mol. The van der Waals surface area contributed by atoms with Crippen molar-refractivity contribution in [2.45, 2.75) is 45.6 Å². The number of hydrogen-bond donors (Lipinski definition) is 2. The van der Waals surface area contributed by atoms with E-state index < -0.39 is 0 Å². The Kier molecular flexibility index (Phi) is 7.85. The maximum Gasteiger partial charge on any atom is 0.234 e. The second-order valence-corrected chi connectivity index (χ2v) is 6.60. The summed E-state index contributed by atoms with van der Waals surface area (Å²) in [5, 5.41) is 6.66. The molecule has 118 valence electrons. The summed E-state index contributed by atoms with van der Waals surface area (Å²) in [6.07, 6.45) is 5.21. The topological polar surface area (TPSA) is 44.4 Å². The van der Waals surface area contributed by atoms with Crippen molar-refractivity contribution in [3.8, 4) is 0 Å². The van der Waals surface area contributed by atoms with Crippen molar-refractivity contribution >= 4 is 18.3 Å². The van der Waals surface area contributed by atoms with Gasteiger partial charge in [0.25, 0.3) is 0 Å². The molecule has 2 aliphatic rings. The molecule has 0 bridgehead atoms. The van der Waals surface area contributed by atoms with Crippen LogP contribution in [0.15, 0.2) is 0 Å². The Morgan fingerprint density at radius 3 is 2.40 bits per heavy atom. The molecule has 0 aromatic rings. The van der Waals surface area contributed by atoms with Crippen LogP contribution < -0.4 is 10.6 Å². The second kappa shape index (κ2) is 8.85. The predicted molar refractivity (Wildman–Crippen MR) is 85.3 cm³/mol. The van der Waals surface area contributed by atoms with Crippen molar-refractivity contribution in [2.75, 3.05) is 32.7 Å². The Morgan fingerprint density at radius 2 is 1.85 bits per heavy atom. The molecule has 0 unspecified atom stereocenters. The normalized spacial score (nSPS) is 20.8. The number of nitrogens with zero attached hydrogens (tertiary/aromatic N) is 1. The Bertz CT molecular complexity index is 287. The first kappa shape index (κ1) is 17.7. The number of hydrogen-bond acceptors (Lipinski definition) is 3. The number of rotatable bonds is 7. The van der Waals surface area contributed by atoms with E-state index in [1.165, 1.54) is 32.2 Å². The smallest absolute Gasteiger partial charge is 0.234 e. The number of carbonyl (C=O) groups excluding carboxylic acids is 1. The van der Waals surface area contributed by atoms with Crippen LogP contribution in [0.3, 0.4) is 0 Å². The van der Waals surface area contributed by atoms with Gasteiger partial charge in [-0.2, -0.15) is 0 Å². The number of piperidine rings is 1. The van der Waals surface area contributed by atoms with Gasteiger partial charge in [-0.05, 0) is 44.1 Å². The minimum Gasteiger partial charge on any atom is -0.355 e. The van der Waals surface area contributed by atoms with Crippen molar-refractivity contribution in [1.82, 2.24) is 15.5 Å². The van der Waals surface area contributed by atoms with Gasteiger partial charge in [-0.3, -0.25) is 9.69 Å². The SMILES string of the molecule is CC(C)CNC(=O)CN1CCC(NCC2CC2)CC1.Cl. The van der Waals surface area contributed by atoms with Crippen LogP contribution >= 0.6 is 12.4 Å². The molecule has 1 aliphatic carbocycles. The van der Waals surface area contributed by atoms with Gasteiger partial charge in [0.2, 0.25) is 5.91 Å². The highest BCUT2D eigenvalue weighted by atomic mass is 35.5. The third-order valence-electron chi connectivity index (χ3n) is 4.05. The lowest BCUT2D eigenvalue weighted by atomic mass is 10.0. The van der Waals surface area contributed by atoms with Crippen molar-refractivity contribution < 1.29 is 4.79 Å². The first-order valence-electron chi connectivity index (χ1n) is 7.86. The van der Waals surface area contributed by atoms with Crippen LogP contribution in [0.1, 0.15) is 39.5 Å². The van der Waals surface area contributed by atoms with Gasteiger partial charge >= 0.3 is 0 Å². The number of nitrogens with one attached hydrogen (secondary N) is 2. The molecule has 0 spiro atoms. The summed E-state index contributed by atoms with van der Waals surface area (Å²) < 4.78 is 0. The zero-order chi connectivity index (χ0) is 13.7. The van der Waals surface area contributed by atoms with Crippen molar-refractivity contribution in [2.24, 2.45) is 11.8 Å². The van der Waals surface area contributed by atoms with Crippen LogP contribution in [0.4, 0.5) is 0 Å². The van der Waals surface area contributed by atoms with E-state index in [-0.39, 0.29) is 18.3 Å². The third kappa shape index (κ3) is 6.91. The zero-order valence-corrected chi connectivity index (χ0v) is 13.7. The third-order valence-corrected chi connectivity index (χ3v) is 4.05. The van der Waals surface area contributed by atoms with E-state index in [9.17, 15) is 4.79 Å². The summed E-state index contributed by atoms with van der Waals surface area (Å²) in [4.78, 5) is 14.0. The molecule has 1 amide bonds. The quantitative estimate of drug-likeness (QED) is 0.751. The van der Waals surface area contributed by atoms with Crippen LogP contribution in [0.5, 0.6) is 0 Å². The molecule has 0 atom stereocenters. The average molecular weight is 304 g/mol. The molecule has 0 aromatic carbocycles. The minimum atomic E-state index is 0. The van der Waals surface area contributed by atoms with E-state index in [0.717, 1.165) is 25.6 Å². The lowest BCUT2D eigenvalue weighted by Gasteiger charge is -2.32. The lowest BCUT2D eigenvalue weighted by Crippen LogP contribution is -2.46. The molecule has 1 saturated carbocycles. The number of halogens is 1. The summed E-state index contributed by atoms with van der Waals surface area (Å²) in [5.74, 6) is 1.67. The van der Waals surface area contributed by atoms with E-state index in [1.807, 2.05) is 0 Å². The van der Waals surface area contributed by atoms with Gasteiger partial charge in [0, 0.05) is 25.7 Å². The molecule has 1 saturated heterocycles. The van der Waals surface area contributed by atoms with E-state index in [2.05, 4.69) is 29.4 Å². The molecule has 1 aliphatic heterocycles. The molecule has 4 nitrogen and oxygen atoms in total. The molecule has 2 N–H and O–H groups in total. The molecule has 2 rings (SSSR count). The van der Waals surface area contributed by atoms with Gasteiger partial charge < -0.3 is 10.6 Å². The summed E-state index contributed by atoms with van der Waals surface area (Å²) in [6.45, 7) is 8.92. The predicted octanol–water partition coefficient (Wildman–Crippen LogP) is 1.64. The van der Waals surface area contributed by atoms with Crippen molar-refractivity contribution in [3.05, 3.63) is 0 Å². The van der Waals surface area contributed by atoms with Crippen molar-refractivity contribution in [1.29, 1.82) is 0 Å². The summed E-state index contributed by atoms with van der Waals surface area (Å²) in [5.41, 5.74) is 0. The van der Waals surface area contributed by atoms with Gasteiger partial charge in [0.05, 0.1) is 6.54 Å². The fraction of sp³-hybridized carbons (Fsp3) is 0.933. The largest absolute Gasteiger partial charge is 0.355 e. The lowest BCUT2D eigenvalue weighted by molar-refractivity contribution is -0.122. The van der Waals surface area contributed by atoms with Gasteiger partial charge in [-0.25, -0.2) is 0 Å². The van der Waals surface area contributed by atoms with Crippen LogP contribution in [0.2, 0.25) is 0 Å². The standard InChI is InChI=1S/C15H29N3O.ClH/c1-12(2)9-17-15(19)11-18-7-5-14(6-8-18)16-10-13-3-4-13;/h12-14,16H,3-11H2,1-2H3,(H,17,19);1H. The van der Waals surface area contributed by atoms with E-state index in [4.69, 9.17) is 0 Å². The summed E-state index contributed by atoms with van der Waals surface area (Å²) in [7, 11) is 0. The van der Waals surface area contributed by atoms with E-state index in [1.54, 1.807) is 0 Å². The fourth-order valence-electron chi connectivity index (χ4n) is 2.53. The van der Waals surface area contributed by atoms with Crippen molar-refractivity contribution in [3.63, 3.8) is 0 Å². The fourth-order valence-corrected chi connectivity index (χ4v) is 2.53. The maximum atomic E-state index is 11.8. The summed E-state index contributed by atoms with van der Waals surface area (Å²) in [6, 6.07) is 0.676. The van der Waals surface area contributed by atoms with E-state index >= 15 is 0 Å². The highest BCUT2D eigenvalue weighted by molar-refractivity contribution is 5.85. The van der Waals surface area contributed by atoms with Crippen LogP contribution in [-0.2, 0) is 4.79 Å². The molecule has 1 heterocycles. The average Bonchev–Trinajstić information content (AvgIpc) is 3.20.